The van der Waals surface area contributed by atoms with Crippen LogP contribution in [0.15, 0.2) is 94.4 Å². The van der Waals surface area contributed by atoms with E-state index in [1.54, 1.807) is 37.3 Å². The van der Waals surface area contributed by atoms with E-state index >= 15 is 0 Å². The number of halogens is 2. The Morgan fingerprint density at radius 3 is 2.39 bits per heavy atom. The van der Waals surface area contributed by atoms with Crippen LogP contribution in [-0.4, -0.2) is 17.6 Å². The number of benzene rings is 3. The van der Waals surface area contributed by atoms with E-state index in [1.807, 2.05) is 30.3 Å². The Kier molecular flexibility index (Phi) is 5.93. The lowest BCUT2D eigenvalue weighted by Crippen LogP contribution is -2.14. The molecule has 0 saturated carbocycles. The fraction of sp³-hybridized carbons (Fsp3) is 0.0870. The summed E-state index contributed by atoms with van der Waals surface area (Å²) >= 11 is 3.29. The SMILES string of the molecule is C[C@@H](Oc1ccc(-c2ccccc2)c(F)c1)c1ccn(S(=O)(=O)c2ccc(Br)cc2)n1. The predicted molar refractivity (Wildman–Crippen MR) is 120 cm³/mol. The Labute approximate surface area is 188 Å². The van der Waals surface area contributed by atoms with Crippen LogP contribution in [0.1, 0.15) is 18.7 Å². The van der Waals surface area contributed by atoms with Gasteiger partial charge >= 0.3 is 0 Å². The Balaban J connectivity index is 1.52. The molecule has 158 valence electrons. The van der Waals surface area contributed by atoms with Crippen molar-refractivity contribution >= 4 is 26.0 Å². The minimum atomic E-state index is -3.82. The molecule has 0 aliphatic heterocycles. The van der Waals surface area contributed by atoms with E-state index in [0.717, 1.165) is 14.1 Å². The molecule has 4 aromatic rings. The molecule has 1 heterocycles. The molecule has 0 saturated heterocycles. The van der Waals surface area contributed by atoms with Gasteiger partial charge in [0, 0.05) is 22.3 Å². The van der Waals surface area contributed by atoms with E-state index in [-0.39, 0.29) is 4.90 Å². The predicted octanol–water partition coefficient (Wildman–Crippen LogP) is 5.83. The molecule has 0 aliphatic rings. The van der Waals surface area contributed by atoms with Crippen LogP contribution in [0, 0.1) is 5.82 Å². The maximum atomic E-state index is 14.6. The van der Waals surface area contributed by atoms with Crippen LogP contribution in [0.3, 0.4) is 0 Å². The van der Waals surface area contributed by atoms with Gasteiger partial charge in [-0.1, -0.05) is 46.3 Å². The third-order valence-electron chi connectivity index (χ3n) is 4.70. The average Bonchev–Trinajstić information content (AvgIpc) is 3.26. The van der Waals surface area contributed by atoms with E-state index in [1.165, 1.54) is 24.4 Å². The number of rotatable bonds is 6. The summed E-state index contributed by atoms with van der Waals surface area (Å²) in [7, 11) is -3.82. The van der Waals surface area contributed by atoms with Crippen LogP contribution in [0.4, 0.5) is 4.39 Å². The summed E-state index contributed by atoms with van der Waals surface area (Å²) in [5.74, 6) is -0.0748. The molecule has 3 aromatic carbocycles. The first kappa shape index (κ1) is 21.3. The van der Waals surface area contributed by atoms with Gasteiger partial charge < -0.3 is 4.74 Å². The van der Waals surface area contributed by atoms with Gasteiger partial charge in [-0.3, -0.25) is 0 Å². The highest BCUT2D eigenvalue weighted by Crippen LogP contribution is 2.28. The maximum Gasteiger partial charge on any atom is 0.282 e. The van der Waals surface area contributed by atoms with Crippen molar-refractivity contribution in [2.24, 2.45) is 0 Å². The second-order valence-corrected chi connectivity index (χ2v) is 9.55. The van der Waals surface area contributed by atoms with Gasteiger partial charge in [0.15, 0.2) is 0 Å². The monoisotopic (exact) mass is 500 g/mol. The summed E-state index contributed by atoms with van der Waals surface area (Å²) < 4.78 is 47.6. The standard InChI is InChI=1S/C23H18BrFN2O3S/c1-16(30-19-9-12-21(22(25)15-19)17-5-3-2-4-6-17)23-13-14-27(26-23)31(28,29)20-10-7-18(24)8-11-20/h2-16H,1H3/t16-/m1/s1. The normalized spacial score (nSPS) is 12.5. The molecule has 0 bridgehead atoms. The van der Waals surface area contributed by atoms with E-state index in [0.29, 0.717) is 17.0 Å². The summed E-state index contributed by atoms with van der Waals surface area (Å²) in [6, 6.07) is 21.7. The minimum Gasteiger partial charge on any atom is -0.484 e. The van der Waals surface area contributed by atoms with Crippen LogP contribution in [-0.2, 0) is 10.0 Å². The molecule has 0 unspecified atom stereocenters. The highest BCUT2D eigenvalue weighted by Gasteiger charge is 2.20. The van der Waals surface area contributed by atoms with Gasteiger partial charge in [-0.2, -0.15) is 17.6 Å². The summed E-state index contributed by atoms with van der Waals surface area (Å²) in [5.41, 5.74) is 1.66. The lowest BCUT2D eigenvalue weighted by molar-refractivity contribution is 0.220. The van der Waals surface area contributed by atoms with Gasteiger partial charge in [-0.25, -0.2) is 4.39 Å². The lowest BCUT2D eigenvalue weighted by Gasteiger charge is -2.14. The fourth-order valence-electron chi connectivity index (χ4n) is 3.07. The van der Waals surface area contributed by atoms with Crippen molar-refractivity contribution in [1.82, 2.24) is 9.19 Å². The van der Waals surface area contributed by atoms with Crippen LogP contribution in [0.5, 0.6) is 5.75 Å². The summed E-state index contributed by atoms with van der Waals surface area (Å²) in [6.45, 7) is 1.72. The third kappa shape index (κ3) is 4.55. The number of ether oxygens (including phenoxy) is 1. The molecule has 0 spiro atoms. The van der Waals surface area contributed by atoms with Gasteiger partial charge in [0.1, 0.15) is 23.4 Å². The molecular formula is C23H18BrFN2O3S. The van der Waals surface area contributed by atoms with Crippen molar-refractivity contribution in [3.05, 3.63) is 101 Å². The average molecular weight is 501 g/mol. The van der Waals surface area contributed by atoms with Crippen molar-refractivity contribution in [3.8, 4) is 16.9 Å². The largest absolute Gasteiger partial charge is 0.484 e. The van der Waals surface area contributed by atoms with Crippen molar-refractivity contribution in [1.29, 1.82) is 0 Å². The molecule has 0 aliphatic carbocycles. The summed E-state index contributed by atoms with van der Waals surface area (Å²) in [4.78, 5) is 0.123. The topological polar surface area (TPSA) is 61.2 Å². The molecule has 8 heteroatoms. The highest BCUT2D eigenvalue weighted by molar-refractivity contribution is 9.10. The lowest BCUT2D eigenvalue weighted by atomic mass is 10.1. The van der Waals surface area contributed by atoms with Gasteiger partial charge in [-0.15, -0.1) is 0 Å². The van der Waals surface area contributed by atoms with Gasteiger partial charge in [-0.05, 0) is 55.0 Å². The van der Waals surface area contributed by atoms with E-state index < -0.39 is 21.9 Å². The molecule has 0 N–H and O–H groups in total. The zero-order chi connectivity index (χ0) is 22.0. The number of hydrogen-bond donors (Lipinski definition) is 0. The van der Waals surface area contributed by atoms with Gasteiger partial charge in [0.05, 0.1) is 4.90 Å². The smallest absolute Gasteiger partial charge is 0.282 e. The molecule has 1 aromatic heterocycles. The van der Waals surface area contributed by atoms with Gasteiger partial charge in [0.2, 0.25) is 0 Å². The van der Waals surface area contributed by atoms with Crippen molar-refractivity contribution < 1.29 is 17.5 Å². The first-order valence-electron chi connectivity index (χ1n) is 9.43. The third-order valence-corrected chi connectivity index (χ3v) is 6.79. The number of nitrogens with zero attached hydrogens (tertiary/aromatic N) is 2. The zero-order valence-electron chi connectivity index (χ0n) is 16.4. The summed E-state index contributed by atoms with van der Waals surface area (Å²) in [5, 5.41) is 4.16. The van der Waals surface area contributed by atoms with Crippen LogP contribution >= 0.6 is 15.9 Å². The molecule has 31 heavy (non-hydrogen) atoms. The van der Waals surface area contributed by atoms with E-state index in [2.05, 4.69) is 21.0 Å². The molecule has 4 rings (SSSR count). The fourth-order valence-corrected chi connectivity index (χ4v) is 4.45. The van der Waals surface area contributed by atoms with Crippen molar-refractivity contribution in [3.63, 3.8) is 0 Å². The second-order valence-electron chi connectivity index (χ2n) is 6.84. The Morgan fingerprint density at radius 1 is 1.00 bits per heavy atom. The molecule has 0 radical (unpaired) electrons. The maximum absolute atomic E-state index is 14.6. The van der Waals surface area contributed by atoms with Crippen LogP contribution < -0.4 is 4.74 Å². The minimum absolute atomic E-state index is 0.123. The van der Waals surface area contributed by atoms with Gasteiger partial charge in [0.25, 0.3) is 10.0 Å². The number of aromatic nitrogens is 2. The van der Waals surface area contributed by atoms with E-state index in [9.17, 15) is 12.8 Å². The molecule has 0 amide bonds. The summed E-state index contributed by atoms with van der Waals surface area (Å²) in [6.07, 6.45) is 0.786. The Morgan fingerprint density at radius 2 is 1.71 bits per heavy atom. The van der Waals surface area contributed by atoms with Crippen LogP contribution in [0.25, 0.3) is 11.1 Å². The van der Waals surface area contributed by atoms with Crippen molar-refractivity contribution in [2.45, 2.75) is 17.9 Å². The molecule has 0 fully saturated rings. The van der Waals surface area contributed by atoms with E-state index in [4.69, 9.17) is 4.74 Å². The molecule has 5 nitrogen and oxygen atoms in total. The Bertz CT molecular complexity index is 1310. The van der Waals surface area contributed by atoms with Crippen LogP contribution in [0.2, 0.25) is 0 Å². The van der Waals surface area contributed by atoms with Crippen molar-refractivity contribution in [2.75, 3.05) is 0 Å². The number of hydrogen-bond acceptors (Lipinski definition) is 4. The highest BCUT2D eigenvalue weighted by atomic mass is 79.9. The molecule has 1 atom stereocenters. The molecular weight excluding hydrogens is 483 g/mol. The first-order valence-corrected chi connectivity index (χ1v) is 11.7. The quantitative estimate of drug-likeness (QED) is 0.334. The Hall–Kier alpha value is -2.97. The second kappa shape index (κ2) is 8.64. The zero-order valence-corrected chi connectivity index (χ0v) is 18.8. The first-order chi connectivity index (χ1) is 14.8.